The lowest BCUT2D eigenvalue weighted by Gasteiger charge is -2.15. The molecule has 0 aliphatic heterocycles. The summed E-state index contributed by atoms with van der Waals surface area (Å²) in [5, 5.41) is 9.22. The molecule has 4 N–H and O–H groups in total. The molecule has 8 nitrogen and oxygen atoms in total. The van der Waals surface area contributed by atoms with Gasteiger partial charge in [0.05, 0.1) is 18.8 Å². The minimum atomic E-state index is -0.628. The molecule has 0 aromatic carbocycles. The average Bonchev–Trinajstić information content (AvgIpc) is 2.93. The van der Waals surface area contributed by atoms with Crippen molar-refractivity contribution in [2.75, 3.05) is 11.9 Å². The van der Waals surface area contributed by atoms with Crippen LogP contribution in [0.4, 0.5) is 5.82 Å². The quantitative estimate of drug-likeness (QED) is 0.725. The number of fused-ring (bicyclic) bond motifs is 1. The number of amides is 2. The van der Waals surface area contributed by atoms with Crippen molar-refractivity contribution >= 4 is 35.7 Å². The third-order valence-electron chi connectivity index (χ3n) is 3.00. The first-order valence-electron chi connectivity index (χ1n) is 6.61. The van der Waals surface area contributed by atoms with Gasteiger partial charge in [-0.15, -0.1) is 12.4 Å². The van der Waals surface area contributed by atoms with Crippen LogP contribution in [-0.4, -0.2) is 39.0 Å². The molecule has 2 aromatic rings. The Kier molecular flexibility index (Phi) is 6.26. The second kappa shape index (κ2) is 7.71. The molecule has 22 heavy (non-hydrogen) atoms. The fourth-order valence-corrected chi connectivity index (χ4v) is 1.70. The summed E-state index contributed by atoms with van der Waals surface area (Å²) >= 11 is 0. The highest BCUT2D eigenvalue weighted by molar-refractivity contribution is 5.94. The number of anilines is 1. The SMILES string of the molecule is CC(C)[C@H](N)C(=O)NCC(=O)Nc1ccnc2ccnn12.Cl. The van der Waals surface area contributed by atoms with Crippen LogP contribution in [0.1, 0.15) is 13.8 Å². The number of nitrogens with one attached hydrogen (secondary N) is 2. The van der Waals surface area contributed by atoms with Gasteiger partial charge in [-0.3, -0.25) is 9.59 Å². The summed E-state index contributed by atoms with van der Waals surface area (Å²) < 4.78 is 1.50. The maximum Gasteiger partial charge on any atom is 0.244 e. The van der Waals surface area contributed by atoms with Crippen molar-refractivity contribution in [3.05, 3.63) is 24.5 Å². The lowest BCUT2D eigenvalue weighted by molar-refractivity contribution is -0.125. The maximum atomic E-state index is 11.8. The van der Waals surface area contributed by atoms with Crippen molar-refractivity contribution in [1.29, 1.82) is 0 Å². The summed E-state index contributed by atoms with van der Waals surface area (Å²) in [5.41, 5.74) is 6.32. The zero-order chi connectivity index (χ0) is 15.4. The summed E-state index contributed by atoms with van der Waals surface area (Å²) in [7, 11) is 0. The Morgan fingerprint density at radius 3 is 2.73 bits per heavy atom. The van der Waals surface area contributed by atoms with E-state index >= 15 is 0 Å². The third-order valence-corrected chi connectivity index (χ3v) is 3.00. The van der Waals surface area contributed by atoms with Crippen LogP contribution in [0, 0.1) is 5.92 Å². The van der Waals surface area contributed by atoms with E-state index in [0.717, 1.165) is 0 Å². The van der Waals surface area contributed by atoms with E-state index in [1.54, 1.807) is 24.5 Å². The number of hydrogen-bond acceptors (Lipinski definition) is 5. The number of carbonyl (C=O) groups is 2. The number of aromatic nitrogens is 3. The Bertz CT molecular complexity index is 657. The number of hydrogen-bond donors (Lipinski definition) is 3. The summed E-state index contributed by atoms with van der Waals surface area (Å²) in [6, 6.07) is 2.72. The summed E-state index contributed by atoms with van der Waals surface area (Å²) in [6.45, 7) is 3.54. The third kappa shape index (κ3) is 4.15. The predicted molar refractivity (Wildman–Crippen MR) is 84.7 cm³/mol. The highest BCUT2D eigenvalue weighted by Crippen LogP contribution is 2.07. The molecule has 0 unspecified atom stereocenters. The molecule has 2 rings (SSSR count). The molecule has 1 atom stereocenters. The van der Waals surface area contributed by atoms with Crippen LogP contribution >= 0.6 is 12.4 Å². The minimum absolute atomic E-state index is 0. The van der Waals surface area contributed by atoms with E-state index in [4.69, 9.17) is 5.73 Å². The molecule has 0 saturated carbocycles. The average molecular weight is 327 g/mol. The van der Waals surface area contributed by atoms with E-state index in [0.29, 0.717) is 11.5 Å². The first kappa shape index (κ1) is 17.9. The Hall–Kier alpha value is -2.19. The van der Waals surface area contributed by atoms with Gasteiger partial charge in [0.1, 0.15) is 5.82 Å². The Morgan fingerprint density at radius 1 is 1.32 bits per heavy atom. The summed E-state index contributed by atoms with van der Waals surface area (Å²) in [6.07, 6.45) is 3.15. The molecule has 0 aliphatic rings. The normalized spacial score (nSPS) is 11.8. The van der Waals surface area contributed by atoms with Gasteiger partial charge >= 0.3 is 0 Å². The predicted octanol–water partition coefficient (Wildman–Crippen LogP) is 0.189. The second-order valence-corrected chi connectivity index (χ2v) is 4.97. The zero-order valence-corrected chi connectivity index (χ0v) is 13.1. The lowest BCUT2D eigenvalue weighted by atomic mass is 10.1. The van der Waals surface area contributed by atoms with E-state index in [-0.39, 0.29) is 36.7 Å². The highest BCUT2D eigenvalue weighted by Gasteiger charge is 2.17. The molecule has 0 radical (unpaired) electrons. The molecule has 0 aliphatic carbocycles. The Morgan fingerprint density at radius 2 is 2.05 bits per heavy atom. The largest absolute Gasteiger partial charge is 0.346 e. The minimum Gasteiger partial charge on any atom is -0.346 e. The lowest BCUT2D eigenvalue weighted by Crippen LogP contribution is -2.46. The number of nitrogens with two attached hydrogens (primary N) is 1. The maximum absolute atomic E-state index is 11.8. The standard InChI is InChI=1S/C13H18N6O2.ClH/c1-8(2)12(14)13(21)16-7-11(20)18-10-3-5-15-9-4-6-17-19(9)10;/h3-6,8,12H,7,14H2,1-2H3,(H,16,21)(H,18,20);1H/t12-;/m0./s1. The van der Waals surface area contributed by atoms with Gasteiger partial charge in [-0.1, -0.05) is 13.8 Å². The molecule has 2 amide bonds. The van der Waals surface area contributed by atoms with E-state index in [1.807, 2.05) is 13.8 Å². The number of rotatable bonds is 5. The van der Waals surface area contributed by atoms with Crippen molar-refractivity contribution in [2.24, 2.45) is 11.7 Å². The highest BCUT2D eigenvalue weighted by atomic mass is 35.5. The van der Waals surface area contributed by atoms with Gasteiger partial charge in [-0.2, -0.15) is 9.61 Å². The van der Waals surface area contributed by atoms with Crippen LogP contribution < -0.4 is 16.4 Å². The molecule has 0 fully saturated rings. The van der Waals surface area contributed by atoms with E-state index in [2.05, 4.69) is 20.7 Å². The summed E-state index contributed by atoms with van der Waals surface area (Å²) in [4.78, 5) is 27.6. The van der Waals surface area contributed by atoms with Crippen molar-refractivity contribution in [2.45, 2.75) is 19.9 Å². The number of halogens is 1. The van der Waals surface area contributed by atoms with Gasteiger partial charge in [0.15, 0.2) is 5.65 Å². The Labute approximate surface area is 133 Å². The molecule has 9 heteroatoms. The number of nitrogens with zero attached hydrogens (tertiary/aromatic N) is 3. The molecule has 0 bridgehead atoms. The van der Waals surface area contributed by atoms with Crippen molar-refractivity contribution in [1.82, 2.24) is 19.9 Å². The molecule has 2 heterocycles. The molecule has 2 aromatic heterocycles. The van der Waals surface area contributed by atoms with E-state index in [1.165, 1.54) is 4.52 Å². The van der Waals surface area contributed by atoms with E-state index < -0.39 is 6.04 Å². The van der Waals surface area contributed by atoms with Crippen molar-refractivity contribution in [3.63, 3.8) is 0 Å². The van der Waals surface area contributed by atoms with Gasteiger partial charge in [0, 0.05) is 12.3 Å². The fourth-order valence-electron chi connectivity index (χ4n) is 1.70. The number of carbonyl (C=O) groups excluding carboxylic acids is 2. The smallest absolute Gasteiger partial charge is 0.244 e. The van der Waals surface area contributed by atoms with E-state index in [9.17, 15) is 9.59 Å². The van der Waals surface area contributed by atoms with Crippen LogP contribution in [0.15, 0.2) is 24.5 Å². The van der Waals surface area contributed by atoms with Crippen LogP contribution in [0.2, 0.25) is 0 Å². The van der Waals surface area contributed by atoms with Crippen LogP contribution in [0.3, 0.4) is 0 Å². The topological polar surface area (TPSA) is 114 Å². The van der Waals surface area contributed by atoms with Gasteiger partial charge in [-0.05, 0) is 12.0 Å². The van der Waals surface area contributed by atoms with Crippen molar-refractivity contribution in [3.8, 4) is 0 Å². The van der Waals surface area contributed by atoms with Crippen LogP contribution in [-0.2, 0) is 9.59 Å². The first-order valence-corrected chi connectivity index (χ1v) is 6.61. The Balaban J connectivity index is 0.00000242. The molecule has 0 saturated heterocycles. The van der Waals surface area contributed by atoms with Crippen molar-refractivity contribution < 1.29 is 9.59 Å². The molecular formula is C13H19ClN6O2. The van der Waals surface area contributed by atoms with Gasteiger partial charge < -0.3 is 16.4 Å². The fraction of sp³-hybridized carbons (Fsp3) is 0.385. The summed E-state index contributed by atoms with van der Waals surface area (Å²) in [5.74, 6) is -0.212. The molecule has 120 valence electrons. The van der Waals surface area contributed by atoms with Gasteiger partial charge in [-0.25, -0.2) is 4.98 Å². The van der Waals surface area contributed by atoms with Crippen LogP contribution in [0.25, 0.3) is 5.65 Å². The van der Waals surface area contributed by atoms with Gasteiger partial charge in [0.25, 0.3) is 0 Å². The monoisotopic (exact) mass is 326 g/mol. The molecular weight excluding hydrogens is 308 g/mol. The first-order chi connectivity index (χ1) is 9.99. The van der Waals surface area contributed by atoms with Gasteiger partial charge in [0.2, 0.25) is 11.8 Å². The zero-order valence-electron chi connectivity index (χ0n) is 12.3. The second-order valence-electron chi connectivity index (χ2n) is 4.97. The van der Waals surface area contributed by atoms with Crippen LogP contribution in [0.5, 0.6) is 0 Å². The molecule has 0 spiro atoms.